The molecule has 0 unspecified atom stereocenters. The minimum Gasteiger partial charge on any atom is -0.351 e. The molecule has 1 rings (SSSR count). The molecule has 2 nitrogen and oxygen atoms in total. The molecule has 0 spiro atoms. The van der Waals surface area contributed by atoms with Gasteiger partial charge in [0.25, 0.3) is 5.91 Å². The Morgan fingerprint density at radius 2 is 2.33 bits per heavy atom. The third-order valence-corrected chi connectivity index (χ3v) is 3.66. The van der Waals surface area contributed by atoms with E-state index in [4.69, 9.17) is 11.6 Å². The zero-order valence-electron chi connectivity index (χ0n) is 12.4. The minimum atomic E-state index is -0.204. The summed E-state index contributed by atoms with van der Waals surface area (Å²) in [6, 6.07) is 0. The summed E-state index contributed by atoms with van der Waals surface area (Å²) in [4.78, 5) is 12.3. The van der Waals surface area contributed by atoms with E-state index >= 15 is 0 Å². The molecule has 1 aliphatic rings. The molecule has 1 N–H and O–H groups in total. The molecule has 5 heteroatoms. The van der Waals surface area contributed by atoms with Crippen LogP contribution in [0, 0.1) is 0 Å². The van der Waals surface area contributed by atoms with Gasteiger partial charge in [0.05, 0.1) is 10.7 Å². The van der Waals surface area contributed by atoms with E-state index in [1.807, 2.05) is 30.6 Å². The van der Waals surface area contributed by atoms with Gasteiger partial charge in [-0.3, -0.25) is 4.79 Å². The van der Waals surface area contributed by atoms with Crippen LogP contribution in [0.15, 0.2) is 58.1 Å². The first-order chi connectivity index (χ1) is 10.0. The van der Waals surface area contributed by atoms with E-state index in [1.54, 1.807) is 0 Å². The first-order valence-electron chi connectivity index (χ1n) is 6.57. The van der Waals surface area contributed by atoms with Crippen molar-refractivity contribution in [3.05, 3.63) is 58.1 Å². The maximum atomic E-state index is 11.6. The molecule has 1 amide bonds. The van der Waals surface area contributed by atoms with Crippen LogP contribution >= 0.6 is 23.4 Å². The second kappa shape index (κ2) is 12.5. The number of hydrogen-bond donors (Lipinski definition) is 1. The Morgan fingerprint density at radius 3 is 2.81 bits per heavy atom. The molecule has 0 fully saturated rings. The van der Waals surface area contributed by atoms with Crippen molar-refractivity contribution >= 4 is 29.3 Å². The average Bonchev–Trinajstić information content (AvgIpc) is 2.44. The SMILES string of the molecule is C/C=C\CCNC(=O)C1=C(Cl)CC=CS1.C=C/C=C(\C)F. The number of thioether (sulfide) groups is 1. The molecule has 0 saturated heterocycles. The Balaban J connectivity index is 0.000000567. The van der Waals surface area contributed by atoms with E-state index in [0.717, 1.165) is 6.42 Å². The lowest BCUT2D eigenvalue weighted by atomic mass is 10.3. The second-order valence-electron chi connectivity index (χ2n) is 4.03. The summed E-state index contributed by atoms with van der Waals surface area (Å²) in [7, 11) is 0. The number of halogens is 2. The van der Waals surface area contributed by atoms with Gasteiger partial charge in [-0.05, 0) is 31.8 Å². The predicted molar refractivity (Wildman–Crippen MR) is 91.7 cm³/mol. The Hall–Kier alpha value is -1.26. The first kappa shape index (κ1) is 19.7. The van der Waals surface area contributed by atoms with E-state index in [0.29, 0.717) is 22.9 Å². The summed E-state index contributed by atoms with van der Waals surface area (Å²) in [5.74, 6) is -0.274. The molecule has 21 heavy (non-hydrogen) atoms. The van der Waals surface area contributed by atoms with Gasteiger partial charge in [-0.15, -0.1) is 0 Å². The lowest BCUT2D eigenvalue weighted by molar-refractivity contribution is -0.116. The molecule has 0 atom stereocenters. The minimum absolute atomic E-state index is 0.0705. The van der Waals surface area contributed by atoms with Gasteiger partial charge >= 0.3 is 0 Å². The van der Waals surface area contributed by atoms with Crippen LogP contribution in [-0.4, -0.2) is 12.5 Å². The maximum absolute atomic E-state index is 11.6. The van der Waals surface area contributed by atoms with Crippen LogP contribution in [0.5, 0.6) is 0 Å². The van der Waals surface area contributed by atoms with Crippen LogP contribution < -0.4 is 5.32 Å². The molecule has 0 bridgehead atoms. The molecule has 0 aromatic heterocycles. The number of nitrogens with one attached hydrogen (secondary N) is 1. The van der Waals surface area contributed by atoms with Gasteiger partial charge in [-0.1, -0.05) is 54.2 Å². The Morgan fingerprint density at radius 1 is 1.62 bits per heavy atom. The number of hydrogen-bond acceptors (Lipinski definition) is 2. The lowest BCUT2D eigenvalue weighted by Gasteiger charge is -2.10. The van der Waals surface area contributed by atoms with Gasteiger partial charge in [-0.25, -0.2) is 4.39 Å². The first-order valence-corrected chi connectivity index (χ1v) is 7.83. The zero-order chi connectivity index (χ0) is 16.1. The number of carbonyl (C=O) groups is 1. The summed E-state index contributed by atoms with van der Waals surface area (Å²) in [5.41, 5.74) is 0. The third kappa shape index (κ3) is 10.2. The fraction of sp³-hybridized carbons (Fsp3) is 0.312. The van der Waals surface area contributed by atoms with Gasteiger partial charge in [-0.2, -0.15) is 0 Å². The summed E-state index contributed by atoms with van der Waals surface area (Å²) in [5, 5.41) is 5.36. The number of allylic oxidation sites excluding steroid dienone is 6. The summed E-state index contributed by atoms with van der Waals surface area (Å²) >= 11 is 7.33. The highest BCUT2D eigenvalue weighted by atomic mass is 35.5. The Bertz CT molecular complexity index is 463. The standard InChI is InChI=1S/C11H14ClNOS.C5H7F/c1-2-3-4-7-13-11(14)10-9(12)6-5-8-15-10;1-3-4-5(2)6/h2-3,5,8H,4,6-7H2,1H3,(H,13,14);3-4H,1H2,2H3/b3-2-;5-4+. The van der Waals surface area contributed by atoms with Crippen molar-refractivity contribution in [3.8, 4) is 0 Å². The van der Waals surface area contributed by atoms with Gasteiger partial charge in [0.2, 0.25) is 0 Å². The number of rotatable bonds is 5. The van der Waals surface area contributed by atoms with Crippen LogP contribution in [0.1, 0.15) is 26.7 Å². The van der Waals surface area contributed by atoms with E-state index < -0.39 is 0 Å². The number of carbonyl (C=O) groups excluding carboxylic acids is 1. The van der Waals surface area contributed by atoms with Crippen molar-refractivity contribution in [2.45, 2.75) is 26.7 Å². The molecular weight excluding hydrogens is 309 g/mol. The van der Waals surface area contributed by atoms with Crippen molar-refractivity contribution in [1.82, 2.24) is 5.32 Å². The van der Waals surface area contributed by atoms with Crippen molar-refractivity contribution in [3.63, 3.8) is 0 Å². The van der Waals surface area contributed by atoms with E-state index in [1.165, 1.54) is 30.8 Å². The molecular formula is C16H21ClFNOS. The Labute approximate surface area is 135 Å². The molecule has 1 heterocycles. The topological polar surface area (TPSA) is 29.1 Å². The molecule has 1 aliphatic heterocycles. The monoisotopic (exact) mass is 329 g/mol. The highest BCUT2D eigenvalue weighted by Crippen LogP contribution is 2.30. The van der Waals surface area contributed by atoms with Gasteiger partial charge in [0.1, 0.15) is 0 Å². The molecule has 116 valence electrons. The molecule has 0 aliphatic carbocycles. The predicted octanol–water partition coefficient (Wildman–Crippen LogP) is 5.22. The fourth-order valence-corrected chi connectivity index (χ4v) is 2.31. The van der Waals surface area contributed by atoms with Crippen LogP contribution in [0.3, 0.4) is 0 Å². The summed E-state index contributed by atoms with van der Waals surface area (Å²) < 4.78 is 11.5. The summed E-state index contributed by atoms with van der Waals surface area (Å²) in [6.45, 7) is 7.28. The smallest absolute Gasteiger partial charge is 0.259 e. The quantitative estimate of drug-likeness (QED) is 0.426. The van der Waals surface area contributed by atoms with Crippen molar-refractivity contribution in [2.75, 3.05) is 6.54 Å². The van der Waals surface area contributed by atoms with E-state index in [9.17, 15) is 9.18 Å². The normalized spacial score (nSPS) is 14.8. The largest absolute Gasteiger partial charge is 0.351 e. The highest BCUT2D eigenvalue weighted by molar-refractivity contribution is 8.06. The van der Waals surface area contributed by atoms with Crippen molar-refractivity contribution < 1.29 is 9.18 Å². The fourth-order valence-electron chi connectivity index (χ4n) is 1.28. The summed E-state index contributed by atoms with van der Waals surface area (Å²) in [6.07, 6.45) is 10.2. The zero-order valence-corrected chi connectivity index (χ0v) is 13.9. The van der Waals surface area contributed by atoms with Crippen molar-refractivity contribution in [2.24, 2.45) is 0 Å². The van der Waals surface area contributed by atoms with Crippen molar-refractivity contribution in [1.29, 1.82) is 0 Å². The number of amides is 1. The third-order valence-electron chi connectivity index (χ3n) is 2.21. The molecule has 0 aromatic carbocycles. The lowest BCUT2D eigenvalue weighted by Crippen LogP contribution is -2.25. The van der Waals surface area contributed by atoms with E-state index in [-0.39, 0.29) is 11.7 Å². The highest BCUT2D eigenvalue weighted by Gasteiger charge is 2.15. The molecule has 0 saturated carbocycles. The van der Waals surface area contributed by atoms with Crippen LogP contribution in [0.2, 0.25) is 0 Å². The van der Waals surface area contributed by atoms with Gasteiger partial charge < -0.3 is 5.32 Å². The van der Waals surface area contributed by atoms with Gasteiger partial charge in [0.15, 0.2) is 0 Å². The molecule has 0 aromatic rings. The van der Waals surface area contributed by atoms with E-state index in [2.05, 4.69) is 11.9 Å². The molecule has 0 radical (unpaired) electrons. The van der Waals surface area contributed by atoms with Crippen LogP contribution in [0.4, 0.5) is 4.39 Å². The van der Waals surface area contributed by atoms with Gasteiger partial charge in [0, 0.05) is 18.0 Å². The van der Waals surface area contributed by atoms with Crippen LogP contribution in [-0.2, 0) is 4.79 Å². The Kier molecular flexibility index (Phi) is 11.7. The maximum Gasteiger partial charge on any atom is 0.259 e. The average molecular weight is 330 g/mol. The van der Waals surface area contributed by atoms with Crippen LogP contribution in [0.25, 0.3) is 0 Å². The second-order valence-corrected chi connectivity index (χ2v) is 5.40.